The Balaban J connectivity index is 3.42. The minimum absolute atomic E-state index is 0.682. The van der Waals surface area contributed by atoms with E-state index in [1.807, 2.05) is 6.92 Å². The van der Waals surface area contributed by atoms with Gasteiger partial charge in [-0.2, -0.15) is 5.10 Å². The Morgan fingerprint density at radius 2 is 2.56 bits per heavy atom. The van der Waals surface area contributed by atoms with E-state index >= 15 is 0 Å². The Kier molecular flexibility index (Phi) is 4.82. The van der Waals surface area contributed by atoms with Crippen LogP contribution in [0, 0.1) is 0 Å². The molecule has 52 valence electrons. The molecule has 0 saturated carbocycles. The third kappa shape index (κ3) is 5.03. The summed E-state index contributed by atoms with van der Waals surface area (Å²) in [5.41, 5.74) is 9.10. The van der Waals surface area contributed by atoms with Gasteiger partial charge >= 0.3 is 0 Å². The van der Waals surface area contributed by atoms with Crippen molar-refractivity contribution >= 4 is 6.72 Å². The molecule has 0 spiro atoms. The first kappa shape index (κ1) is 8.17. The molecule has 3 N–H and O–H groups in total. The average molecular weight is 127 g/mol. The molecular formula is C6H13N3. The van der Waals surface area contributed by atoms with Crippen LogP contribution < -0.4 is 11.2 Å². The van der Waals surface area contributed by atoms with Gasteiger partial charge in [-0.1, -0.05) is 5.57 Å². The molecule has 9 heavy (non-hydrogen) atoms. The van der Waals surface area contributed by atoms with E-state index in [0.717, 1.165) is 6.42 Å². The van der Waals surface area contributed by atoms with E-state index in [1.165, 1.54) is 5.57 Å². The van der Waals surface area contributed by atoms with Gasteiger partial charge in [0.25, 0.3) is 0 Å². The summed E-state index contributed by atoms with van der Waals surface area (Å²) in [6.07, 6.45) is 2.70. The van der Waals surface area contributed by atoms with Gasteiger partial charge in [0.05, 0.1) is 0 Å². The molecule has 0 aliphatic heterocycles. The summed E-state index contributed by atoms with van der Waals surface area (Å²) in [7, 11) is 0. The van der Waals surface area contributed by atoms with Gasteiger partial charge in [-0.15, -0.1) is 0 Å². The van der Waals surface area contributed by atoms with Gasteiger partial charge in [0.15, 0.2) is 0 Å². The van der Waals surface area contributed by atoms with E-state index in [4.69, 9.17) is 5.73 Å². The van der Waals surface area contributed by atoms with Crippen molar-refractivity contribution in [2.45, 2.75) is 13.3 Å². The molecule has 0 aliphatic carbocycles. The Morgan fingerprint density at radius 1 is 1.89 bits per heavy atom. The van der Waals surface area contributed by atoms with Crippen molar-refractivity contribution in [1.82, 2.24) is 5.43 Å². The van der Waals surface area contributed by atoms with Crippen LogP contribution >= 0.6 is 0 Å². The van der Waals surface area contributed by atoms with Gasteiger partial charge in [-0.05, 0) is 19.9 Å². The Hall–Kier alpha value is -0.830. The molecule has 3 heteroatoms. The molecule has 0 rings (SSSR count). The van der Waals surface area contributed by atoms with Gasteiger partial charge in [0.2, 0.25) is 0 Å². The van der Waals surface area contributed by atoms with Gasteiger partial charge in [-0.25, -0.2) is 0 Å². The molecule has 0 fully saturated rings. The summed E-state index contributed by atoms with van der Waals surface area (Å²) in [6.45, 7) is 5.93. The van der Waals surface area contributed by atoms with E-state index in [9.17, 15) is 0 Å². The Bertz CT molecular complexity index is 107. The fraction of sp³-hybridized carbons (Fsp3) is 0.500. The lowest BCUT2D eigenvalue weighted by molar-refractivity contribution is 0.899. The van der Waals surface area contributed by atoms with Crippen molar-refractivity contribution in [2.24, 2.45) is 10.8 Å². The first-order chi connectivity index (χ1) is 4.31. The Labute approximate surface area is 55.6 Å². The molecule has 0 saturated heterocycles. The van der Waals surface area contributed by atoms with Crippen LogP contribution in [0.1, 0.15) is 13.3 Å². The molecule has 3 nitrogen and oxygen atoms in total. The molecule has 0 aromatic heterocycles. The van der Waals surface area contributed by atoms with Crippen LogP contribution in [0.4, 0.5) is 0 Å². The number of nitrogens with zero attached hydrogens (tertiary/aromatic N) is 1. The van der Waals surface area contributed by atoms with E-state index in [1.54, 1.807) is 6.20 Å². The van der Waals surface area contributed by atoms with Gasteiger partial charge in [-0.3, -0.25) is 5.43 Å². The smallest absolute Gasteiger partial charge is 0.0189 e. The van der Waals surface area contributed by atoms with E-state index < -0.39 is 0 Å². The lowest BCUT2D eigenvalue weighted by atomic mass is 10.2. The molecule has 0 amide bonds. The highest BCUT2D eigenvalue weighted by Gasteiger charge is 1.83. The number of rotatable bonds is 4. The first-order valence-corrected chi connectivity index (χ1v) is 2.88. The maximum absolute atomic E-state index is 5.29. The molecule has 0 radical (unpaired) electrons. The van der Waals surface area contributed by atoms with Crippen LogP contribution in [0.25, 0.3) is 0 Å². The summed E-state index contributed by atoms with van der Waals surface area (Å²) in [5.74, 6) is 0. The van der Waals surface area contributed by atoms with Crippen LogP contribution in [0.15, 0.2) is 16.9 Å². The van der Waals surface area contributed by atoms with Crippen molar-refractivity contribution in [3.8, 4) is 0 Å². The van der Waals surface area contributed by atoms with Crippen LogP contribution in [0.5, 0.6) is 0 Å². The van der Waals surface area contributed by atoms with Crippen LogP contribution in [-0.4, -0.2) is 13.3 Å². The second-order valence-electron chi connectivity index (χ2n) is 1.82. The standard InChI is InChI=1S/C6H13N3/c1-6(3-4-7)5-9-8-2/h5,9H,2-4,7H2,1H3/b6-5+. The summed E-state index contributed by atoms with van der Waals surface area (Å²) in [4.78, 5) is 0. The minimum atomic E-state index is 0.682. The summed E-state index contributed by atoms with van der Waals surface area (Å²) in [6, 6.07) is 0. The molecule has 0 atom stereocenters. The van der Waals surface area contributed by atoms with Crippen molar-refractivity contribution in [3.63, 3.8) is 0 Å². The predicted molar refractivity (Wildman–Crippen MR) is 40.1 cm³/mol. The number of hydrogen-bond acceptors (Lipinski definition) is 3. The van der Waals surface area contributed by atoms with E-state index in [-0.39, 0.29) is 0 Å². The van der Waals surface area contributed by atoms with Crippen LogP contribution in [0.3, 0.4) is 0 Å². The van der Waals surface area contributed by atoms with Crippen molar-refractivity contribution in [1.29, 1.82) is 0 Å². The highest BCUT2D eigenvalue weighted by molar-refractivity contribution is 5.22. The lowest BCUT2D eigenvalue weighted by Gasteiger charge is -1.95. The number of hydrogen-bond donors (Lipinski definition) is 2. The van der Waals surface area contributed by atoms with E-state index in [2.05, 4.69) is 17.2 Å². The van der Waals surface area contributed by atoms with Crippen molar-refractivity contribution in [3.05, 3.63) is 11.8 Å². The van der Waals surface area contributed by atoms with Gasteiger partial charge in [0.1, 0.15) is 0 Å². The second-order valence-corrected chi connectivity index (χ2v) is 1.82. The third-order valence-electron chi connectivity index (χ3n) is 0.941. The van der Waals surface area contributed by atoms with Crippen molar-refractivity contribution < 1.29 is 0 Å². The predicted octanol–water partition coefficient (Wildman–Crippen LogP) is 0.444. The maximum atomic E-state index is 5.29. The average Bonchev–Trinajstić information content (AvgIpc) is 1.85. The number of nitrogens with one attached hydrogen (secondary N) is 1. The van der Waals surface area contributed by atoms with Crippen LogP contribution in [-0.2, 0) is 0 Å². The zero-order valence-corrected chi connectivity index (χ0v) is 5.72. The molecule has 0 heterocycles. The monoisotopic (exact) mass is 127 g/mol. The highest BCUT2D eigenvalue weighted by Crippen LogP contribution is 1.93. The van der Waals surface area contributed by atoms with Crippen LogP contribution in [0.2, 0.25) is 0 Å². The Morgan fingerprint density at radius 3 is 3.00 bits per heavy atom. The number of nitrogens with two attached hydrogens (primary N) is 1. The lowest BCUT2D eigenvalue weighted by Crippen LogP contribution is -2.01. The summed E-state index contributed by atoms with van der Waals surface area (Å²) in [5, 5.41) is 3.44. The quantitative estimate of drug-likeness (QED) is 0.425. The SMILES string of the molecule is C=NN/C=C(\C)CCN. The largest absolute Gasteiger partial charge is 0.330 e. The second kappa shape index (κ2) is 5.31. The highest BCUT2D eigenvalue weighted by atomic mass is 15.3. The fourth-order valence-electron chi connectivity index (χ4n) is 0.456. The van der Waals surface area contributed by atoms with Gasteiger partial charge in [0, 0.05) is 12.9 Å². The number of hydrazone groups is 1. The topological polar surface area (TPSA) is 50.4 Å². The normalized spacial score (nSPS) is 11.1. The summed E-state index contributed by atoms with van der Waals surface area (Å²) < 4.78 is 0. The maximum Gasteiger partial charge on any atom is 0.0189 e. The minimum Gasteiger partial charge on any atom is -0.330 e. The zero-order valence-electron chi connectivity index (χ0n) is 5.72. The molecular weight excluding hydrogens is 114 g/mol. The van der Waals surface area contributed by atoms with Crippen molar-refractivity contribution in [2.75, 3.05) is 6.54 Å². The fourth-order valence-corrected chi connectivity index (χ4v) is 0.456. The molecule has 0 bridgehead atoms. The molecule has 0 aromatic rings. The molecule has 0 aliphatic rings. The first-order valence-electron chi connectivity index (χ1n) is 2.88. The molecule has 0 unspecified atom stereocenters. The zero-order chi connectivity index (χ0) is 7.11. The van der Waals surface area contributed by atoms with E-state index in [0.29, 0.717) is 6.54 Å². The molecule has 0 aromatic carbocycles. The third-order valence-corrected chi connectivity index (χ3v) is 0.941. The van der Waals surface area contributed by atoms with Gasteiger partial charge < -0.3 is 5.73 Å². The summed E-state index contributed by atoms with van der Waals surface area (Å²) >= 11 is 0.